The Morgan fingerprint density at radius 2 is 2.06 bits per heavy atom. The summed E-state index contributed by atoms with van der Waals surface area (Å²) in [5.74, 6) is -0.00275. The van der Waals surface area contributed by atoms with Crippen LogP contribution in [0.1, 0.15) is 25.5 Å². The SMILES string of the molecule is CNC(=O)C(C)NC(C)c1ccc(OC)cc1F. The summed E-state index contributed by atoms with van der Waals surface area (Å²) in [6.07, 6.45) is 0. The van der Waals surface area contributed by atoms with Gasteiger partial charge in [0, 0.05) is 24.7 Å². The van der Waals surface area contributed by atoms with Crippen LogP contribution in [-0.2, 0) is 4.79 Å². The summed E-state index contributed by atoms with van der Waals surface area (Å²) in [6, 6.07) is 4.04. The topological polar surface area (TPSA) is 50.4 Å². The Hall–Kier alpha value is -1.62. The number of nitrogens with one attached hydrogen (secondary N) is 2. The van der Waals surface area contributed by atoms with Gasteiger partial charge < -0.3 is 10.1 Å². The molecule has 2 unspecified atom stereocenters. The van der Waals surface area contributed by atoms with E-state index < -0.39 is 0 Å². The summed E-state index contributed by atoms with van der Waals surface area (Å²) in [5.41, 5.74) is 0.506. The summed E-state index contributed by atoms with van der Waals surface area (Å²) in [5, 5.41) is 5.57. The Morgan fingerprint density at radius 3 is 2.56 bits per heavy atom. The fourth-order valence-electron chi connectivity index (χ4n) is 1.74. The summed E-state index contributed by atoms with van der Waals surface area (Å²) in [4.78, 5) is 11.4. The van der Waals surface area contributed by atoms with E-state index in [4.69, 9.17) is 4.74 Å². The van der Waals surface area contributed by atoms with Gasteiger partial charge in [0.25, 0.3) is 0 Å². The number of hydrogen-bond donors (Lipinski definition) is 2. The van der Waals surface area contributed by atoms with Crippen molar-refractivity contribution in [1.29, 1.82) is 0 Å². The molecule has 5 heteroatoms. The molecule has 0 bridgehead atoms. The number of rotatable bonds is 5. The first-order valence-electron chi connectivity index (χ1n) is 5.80. The zero-order valence-corrected chi connectivity index (χ0v) is 11.1. The molecule has 0 aliphatic rings. The highest BCUT2D eigenvalue weighted by atomic mass is 19.1. The van der Waals surface area contributed by atoms with Gasteiger partial charge in [0.05, 0.1) is 13.2 Å². The first-order chi connectivity index (χ1) is 8.49. The Balaban J connectivity index is 2.78. The predicted molar refractivity (Wildman–Crippen MR) is 68.0 cm³/mol. The number of methoxy groups -OCH3 is 1. The maximum absolute atomic E-state index is 13.8. The van der Waals surface area contributed by atoms with Crippen molar-refractivity contribution in [2.24, 2.45) is 0 Å². The molecule has 1 aromatic rings. The van der Waals surface area contributed by atoms with Crippen LogP contribution < -0.4 is 15.4 Å². The fraction of sp³-hybridized carbons (Fsp3) is 0.462. The van der Waals surface area contributed by atoms with Gasteiger partial charge in [0.15, 0.2) is 0 Å². The van der Waals surface area contributed by atoms with Crippen molar-refractivity contribution in [2.75, 3.05) is 14.2 Å². The molecular formula is C13H19FN2O2. The normalized spacial score (nSPS) is 13.8. The molecule has 0 spiro atoms. The summed E-state index contributed by atoms with van der Waals surface area (Å²) < 4.78 is 18.7. The number of amides is 1. The van der Waals surface area contributed by atoms with Crippen LogP contribution in [0.3, 0.4) is 0 Å². The van der Waals surface area contributed by atoms with Gasteiger partial charge in [-0.1, -0.05) is 6.07 Å². The summed E-state index contributed by atoms with van der Waals surface area (Å²) >= 11 is 0. The first-order valence-corrected chi connectivity index (χ1v) is 5.80. The van der Waals surface area contributed by atoms with Crippen LogP contribution >= 0.6 is 0 Å². The lowest BCUT2D eigenvalue weighted by molar-refractivity contribution is -0.122. The van der Waals surface area contributed by atoms with Crippen molar-refractivity contribution in [3.63, 3.8) is 0 Å². The lowest BCUT2D eigenvalue weighted by Crippen LogP contribution is -2.41. The predicted octanol–water partition coefficient (Wildman–Crippen LogP) is 1.62. The molecule has 2 N–H and O–H groups in total. The van der Waals surface area contributed by atoms with Gasteiger partial charge in [-0.3, -0.25) is 10.1 Å². The number of halogens is 1. The van der Waals surface area contributed by atoms with Gasteiger partial charge in [-0.15, -0.1) is 0 Å². The number of benzene rings is 1. The highest BCUT2D eigenvalue weighted by molar-refractivity contribution is 5.80. The molecule has 0 radical (unpaired) electrons. The second-order valence-corrected chi connectivity index (χ2v) is 4.11. The molecule has 1 amide bonds. The molecular weight excluding hydrogens is 235 g/mol. The lowest BCUT2D eigenvalue weighted by atomic mass is 10.1. The minimum absolute atomic E-state index is 0.129. The Bertz CT molecular complexity index is 423. The van der Waals surface area contributed by atoms with Crippen LogP contribution in [-0.4, -0.2) is 26.1 Å². The van der Waals surface area contributed by atoms with E-state index in [1.54, 1.807) is 26.1 Å². The average molecular weight is 254 g/mol. The number of carbonyl (C=O) groups is 1. The Morgan fingerprint density at radius 1 is 1.39 bits per heavy atom. The third-order valence-corrected chi connectivity index (χ3v) is 2.81. The minimum atomic E-state index is -0.383. The molecule has 0 heterocycles. The zero-order chi connectivity index (χ0) is 13.7. The van der Waals surface area contributed by atoms with Crippen molar-refractivity contribution in [2.45, 2.75) is 25.9 Å². The second kappa shape index (κ2) is 6.35. The van der Waals surface area contributed by atoms with E-state index in [1.165, 1.54) is 13.2 Å². The van der Waals surface area contributed by atoms with E-state index in [0.717, 1.165) is 0 Å². The van der Waals surface area contributed by atoms with Gasteiger partial charge in [-0.2, -0.15) is 0 Å². The highest BCUT2D eigenvalue weighted by Crippen LogP contribution is 2.21. The van der Waals surface area contributed by atoms with E-state index in [-0.39, 0.29) is 23.8 Å². The Kier molecular flexibility index (Phi) is 5.09. The van der Waals surface area contributed by atoms with Crippen LogP contribution in [0.4, 0.5) is 4.39 Å². The van der Waals surface area contributed by atoms with Gasteiger partial charge >= 0.3 is 0 Å². The van der Waals surface area contributed by atoms with Crippen molar-refractivity contribution in [1.82, 2.24) is 10.6 Å². The van der Waals surface area contributed by atoms with E-state index in [9.17, 15) is 9.18 Å². The van der Waals surface area contributed by atoms with Crippen LogP contribution in [0.25, 0.3) is 0 Å². The molecule has 0 aliphatic heterocycles. The number of carbonyl (C=O) groups excluding carboxylic acids is 1. The smallest absolute Gasteiger partial charge is 0.236 e. The van der Waals surface area contributed by atoms with Gasteiger partial charge in [0.2, 0.25) is 5.91 Å². The summed E-state index contributed by atoms with van der Waals surface area (Å²) in [7, 11) is 3.06. The molecule has 2 atom stereocenters. The highest BCUT2D eigenvalue weighted by Gasteiger charge is 2.17. The van der Waals surface area contributed by atoms with Crippen LogP contribution in [0.15, 0.2) is 18.2 Å². The largest absolute Gasteiger partial charge is 0.497 e. The zero-order valence-electron chi connectivity index (χ0n) is 11.1. The van der Waals surface area contributed by atoms with Gasteiger partial charge in [-0.05, 0) is 19.9 Å². The second-order valence-electron chi connectivity index (χ2n) is 4.11. The Labute approximate surface area is 107 Å². The number of ether oxygens (including phenoxy) is 1. The number of likely N-dealkylation sites (N-methyl/N-ethyl adjacent to an activating group) is 1. The van der Waals surface area contributed by atoms with E-state index in [1.807, 2.05) is 6.92 Å². The number of hydrogen-bond acceptors (Lipinski definition) is 3. The molecule has 1 aromatic carbocycles. The minimum Gasteiger partial charge on any atom is -0.497 e. The fourth-order valence-corrected chi connectivity index (χ4v) is 1.74. The first kappa shape index (κ1) is 14.4. The van der Waals surface area contributed by atoms with Gasteiger partial charge in [-0.25, -0.2) is 4.39 Å². The third kappa shape index (κ3) is 3.43. The van der Waals surface area contributed by atoms with E-state index >= 15 is 0 Å². The standard InChI is InChI=1S/C13H19FN2O2/c1-8(16-9(2)13(17)15-3)11-6-5-10(18-4)7-12(11)14/h5-9,16H,1-4H3,(H,15,17). The summed E-state index contributed by atoms with van der Waals surface area (Å²) in [6.45, 7) is 3.54. The molecule has 0 saturated heterocycles. The monoisotopic (exact) mass is 254 g/mol. The molecule has 4 nitrogen and oxygen atoms in total. The van der Waals surface area contributed by atoms with Crippen LogP contribution in [0.2, 0.25) is 0 Å². The maximum atomic E-state index is 13.8. The molecule has 100 valence electrons. The van der Waals surface area contributed by atoms with Crippen molar-refractivity contribution < 1.29 is 13.9 Å². The maximum Gasteiger partial charge on any atom is 0.236 e. The molecule has 18 heavy (non-hydrogen) atoms. The molecule has 0 saturated carbocycles. The molecule has 0 aromatic heterocycles. The third-order valence-electron chi connectivity index (χ3n) is 2.81. The van der Waals surface area contributed by atoms with Crippen LogP contribution in [0.5, 0.6) is 5.75 Å². The lowest BCUT2D eigenvalue weighted by Gasteiger charge is -2.20. The van der Waals surface area contributed by atoms with Crippen molar-refractivity contribution >= 4 is 5.91 Å². The van der Waals surface area contributed by atoms with E-state index in [0.29, 0.717) is 11.3 Å². The van der Waals surface area contributed by atoms with Gasteiger partial charge in [0.1, 0.15) is 11.6 Å². The van der Waals surface area contributed by atoms with E-state index in [2.05, 4.69) is 10.6 Å². The van der Waals surface area contributed by atoms with Crippen molar-refractivity contribution in [3.8, 4) is 5.75 Å². The average Bonchev–Trinajstić information content (AvgIpc) is 2.37. The van der Waals surface area contributed by atoms with Crippen molar-refractivity contribution in [3.05, 3.63) is 29.6 Å². The molecule has 0 aliphatic carbocycles. The molecule has 0 fully saturated rings. The molecule has 1 rings (SSSR count). The van der Waals surface area contributed by atoms with Crippen LogP contribution in [0, 0.1) is 5.82 Å². The quantitative estimate of drug-likeness (QED) is 0.839.